The molecule has 0 aliphatic rings. The van der Waals surface area contributed by atoms with E-state index in [1.807, 2.05) is 84.9 Å². The molecule has 3 rings (SSSR count). The van der Waals surface area contributed by atoms with E-state index in [1.54, 1.807) is 7.11 Å². The predicted octanol–water partition coefficient (Wildman–Crippen LogP) is 5.30. The Balaban J connectivity index is 2.33. The first kappa shape index (κ1) is 20.3. The molecule has 0 unspecified atom stereocenters. The minimum absolute atomic E-state index is 0.728. The van der Waals surface area contributed by atoms with Crippen molar-refractivity contribution in [1.29, 1.82) is 0 Å². The Hall–Kier alpha value is -3.47. The highest BCUT2D eigenvalue weighted by atomic mass is 16.5. The fourth-order valence-electron chi connectivity index (χ4n) is 3.11. The smallest absolute Gasteiger partial charge is 0.332 e. The summed E-state index contributed by atoms with van der Waals surface area (Å²) in [7, 11) is 1.62. The molecule has 148 valence electrons. The van der Waals surface area contributed by atoms with Gasteiger partial charge in [0.2, 0.25) is 0 Å². The lowest BCUT2D eigenvalue weighted by Crippen LogP contribution is -2.32. The lowest BCUT2D eigenvalue weighted by molar-refractivity contribution is -0.142. The second-order valence-corrected chi connectivity index (χ2v) is 7.24. The molecule has 0 aromatic heterocycles. The first-order valence-corrected chi connectivity index (χ1v) is 9.33. The second kappa shape index (κ2) is 8.27. The zero-order valence-electron chi connectivity index (χ0n) is 16.7. The third kappa shape index (κ3) is 4.04. The number of hydrogen-bond donors (Lipinski definition) is 1. The average molecular weight is 388 g/mol. The number of nitrogens with zero attached hydrogens (tertiary/aromatic N) is 2. The molecule has 5 heteroatoms. The van der Waals surface area contributed by atoms with Crippen LogP contribution in [0.1, 0.15) is 30.5 Å². The van der Waals surface area contributed by atoms with Crippen molar-refractivity contribution in [2.24, 2.45) is 10.2 Å². The number of ether oxygens (including phenoxy) is 1. The fourth-order valence-corrected chi connectivity index (χ4v) is 3.11. The van der Waals surface area contributed by atoms with Crippen molar-refractivity contribution < 1.29 is 14.6 Å². The van der Waals surface area contributed by atoms with E-state index in [2.05, 4.69) is 5.11 Å². The normalized spacial score (nSPS) is 12.1. The first-order valence-electron chi connectivity index (χ1n) is 9.33. The Kier molecular flexibility index (Phi) is 5.78. The molecule has 0 radical (unpaired) electrons. The lowest BCUT2D eigenvalue weighted by atomic mass is 9.78. The standard InChI is InChI=1S/C24H24N2O3/c1-23(2,22(27)28)25-26-24(18-10-6-4-7-11-18,19-12-8-5-9-13-19)20-14-16-21(29-3)17-15-20/h4-17H,1-3H3,(H,27,28). The molecule has 3 aromatic carbocycles. The van der Waals surface area contributed by atoms with Crippen molar-refractivity contribution in [3.05, 3.63) is 102 Å². The summed E-state index contributed by atoms with van der Waals surface area (Å²) in [5, 5.41) is 18.6. The van der Waals surface area contributed by atoms with E-state index in [-0.39, 0.29) is 0 Å². The maximum Gasteiger partial charge on any atom is 0.332 e. The predicted molar refractivity (Wildman–Crippen MR) is 112 cm³/mol. The molecule has 0 atom stereocenters. The highest BCUT2D eigenvalue weighted by Crippen LogP contribution is 2.42. The Morgan fingerprint density at radius 2 is 1.21 bits per heavy atom. The van der Waals surface area contributed by atoms with Crippen molar-refractivity contribution >= 4 is 5.97 Å². The molecule has 29 heavy (non-hydrogen) atoms. The van der Waals surface area contributed by atoms with Crippen LogP contribution in [0.5, 0.6) is 5.75 Å². The van der Waals surface area contributed by atoms with Gasteiger partial charge in [-0.25, -0.2) is 4.79 Å². The van der Waals surface area contributed by atoms with Gasteiger partial charge in [-0.15, -0.1) is 0 Å². The molecule has 0 saturated heterocycles. The van der Waals surface area contributed by atoms with Gasteiger partial charge in [0.05, 0.1) is 7.11 Å². The molecule has 3 aromatic rings. The lowest BCUT2D eigenvalue weighted by Gasteiger charge is -2.31. The van der Waals surface area contributed by atoms with E-state index in [0.717, 1.165) is 22.4 Å². The van der Waals surface area contributed by atoms with Crippen LogP contribution in [0.25, 0.3) is 0 Å². The average Bonchev–Trinajstić information content (AvgIpc) is 2.76. The van der Waals surface area contributed by atoms with Crippen LogP contribution in [0.2, 0.25) is 0 Å². The minimum Gasteiger partial charge on any atom is -0.497 e. The van der Waals surface area contributed by atoms with E-state index < -0.39 is 17.0 Å². The summed E-state index contributed by atoms with van der Waals surface area (Å²) in [6.45, 7) is 3.07. The van der Waals surface area contributed by atoms with Gasteiger partial charge in [-0.1, -0.05) is 72.8 Å². The minimum atomic E-state index is -1.36. The van der Waals surface area contributed by atoms with Crippen LogP contribution in [0.3, 0.4) is 0 Å². The van der Waals surface area contributed by atoms with Gasteiger partial charge in [-0.3, -0.25) is 0 Å². The van der Waals surface area contributed by atoms with Crippen molar-refractivity contribution in [2.75, 3.05) is 7.11 Å². The largest absolute Gasteiger partial charge is 0.497 e. The van der Waals surface area contributed by atoms with Crippen molar-refractivity contribution in [3.8, 4) is 5.75 Å². The van der Waals surface area contributed by atoms with Gasteiger partial charge in [-0.2, -0.15) is 10.2 Å². The molecule has 0 amide bonds. The maximum absolute atomic E-state index is 11.7. The zero-order chi connectivity index (χ0) is 20.9. The fraction of sp³-hybridized carbons (Fsp3) is 0.208. The van der Waals surface area contributed by atoms with Crippen LogP contribution in [0.15, 0.2) is 95.2 Å². The van der Waals surface area contributed by atoms with E-state index in [0.29, 0.717) is 0 Å². The van der Waals surface area contributed by atoms with E-state index in [9.17, 15) is 9.90 Å². The highest BCUT2D eigenvalue weighted by Gasteiger charge is 2.38. The third-order valence-electron chi connectivity index (χ3n) is 4.86. The molecule has 0 spiro atoms. The third-order valence-corrected chi connectivity index (χ3v) is 4.86. The van der Waals surface area contributed by atoms with E-state index in [1.165, 1.54) is 13.8 Å². The summed E-state index contributed by atoms with van der Waals surface area (Å²) in [4.78, 5) is 11.7. The molecule has 0 aliphatic heterocycles. The van der Waals surface area contributed by atoms with E-state index >= 15 is 0 Å². The van der Waals surface area contributed by atoms with Crippen LogP contribution in [0.4, 0.5) is 0 Å². The maximum atomic E-state index is 11.7. The summed E-state index contributed by atoms with van der Waals surface area (Å²) in [5.74, 6) is -0.308. The zero-order valence-corrected chi connectivity index (χ0v) is 16.7. The summed E-state index contributed by atoms with van der Waals surface area (Å²) in [5.41, 5.74) is 0.284. The summed E-state index contributed by atoms with van der Waals surface area (Å²) in [6, 6.07) is 27.1. The monoisotopic (exact) mass is 388 g/mol. The van der Waals surface area contributed by atoms with Gasteiger partial charge in [0, 0.05) is 0 Å². The van der Waals surface area contributed by atoms with Gasteiger partial charge < -0.3 is 9.84 Å². The second-order valence-electron chi connectivity index (χ2n) is 7.24. The van der Waals surface area contributed by atoms with Crippen LogP contribution >= 0.6 is 0 Å². The molecule has 0 heterocycles. The Morgan fingerprint density at radius 3 is 1.62 bits per heavy atom. The number of carboxylic acids is 1. The van der Waals surface area contributed by atoms with Crippen LogP contribution in [-0.2, 0) is 10.3 Å². The van der Waals surface area contributed by atoms with Gasteiger partial charge in [0.1, 0.15) is 5.75 Å². The Labute approximate surface area is 170 Å². The molecule has 5 nitrogen and oxygen atoms in total. The molecular weight excluding hydrogens is 364 g/mol. The van der Waals surface area contributed by atoms with Gasteiger partial charge in [0.25, 0.3) is 0 Å². The Morgan fingerprint density at radius 1 is 0.759 bits per heavy atom. The Bertz CT molecular complexity index is 942. The number of methoxy groups -OCH3 is 1. The summed E-state index contributed by atoms with van der Waals surface area (Å²) >= 11 is 0. The number of benzene rings is 3. The number of azo groups is 1. The van der Waals surface area contributed by atoms with Crippen molar-refractivity contribution in [3.63, 3.8) is 0 Å². The summed E-state index contributed by atoms with van der Waals surface area (Å²) in [6.07, 6.45) is 0. The van der Waals surface area contributed by atoms with Gasteiger partial charge in [0.15, 0.2) is 11.1 Å². The van der Waals surface area contributed by atoms with Gasteiger partial charge in [-0.05, 0) is 42.7 Å². The van der Waals surface area contributed by atoms with E-state index in [4.69, 9.17) is 9.85 Å². The number of carboxylic acid groups (broad SMARTS) is 1. The number of hydrogen-bond acceptors (Lipinski definition) is 4. The highest BCUT2D eigenvalue weighted by molar-refractivity contribution is 5.77. The van der Waals surface area contributed by atoms with Gasteiger partial charge >= 0.3 is 5.97 Å². The number of carbonyl (C=O) groups is 1. The van der Waals surface area contributed by atoms with Crippen LogP contribution < -0.4 is 4.74 Å². The molecule has 0 bridgehead atoms. The number of aliphatic carboxylic acids is 1. The van der Waals surface area contributed by atoms with Crippen molar-refractivity contribution in [1.82, 2.24) is 0 Å². The van der Waals surface area contributed by atoms with Crippen LogP contribution in [0, 0.1) is 0 Å². The number of rotatable bonds is 7. The summed E-state index contributed by atoms with van der Waals surface area (Å²) < 4.78 is 5.31. The molecule has 0 aliphatic carbocycles. The quantitative estimate of drug-likeness (QED) is 0.441. The first-order chi connectivity index (χ1) is 13.9. The SMILES string of the molecule is COc1ccc(C(N=NC(C)(C)C(=O)O)(c2ccccc2)c2ccccc2)cc1. The molecule has 1 N–H and O–H groups in total. The van der Waals surface area contributed by atoms with Crippen molar-refractivity contribution in [2.45, 2.75) is 24.9 Å². The molecular formula is C24H24N2O3. The molecule has 0 fully saturated rings. The van der Waals surface area contributed by atoms with Crippen LogP contribution in [-0.4, -0.2) is 23.7 Å². The molecule has 0 saturated carbocycles. The topological polar surface area (TPSA) is 71.2 Å².